The Labute approximate surface area is 143 Å². The van der Waals surface area contributed by atoms with E-state index < -0.39 is 5.60 Å². The van der Waals surface area contributed by atoms with Crippen molar-refractivity contribution in [2.75, 3.05) is 44.3 Å². The van der Waals surface area contributed by atoms with E-state index in [0.717, 1.165) is 25.3 Å². The second-order valence-electron chi connectivity index (χ2n) is 6.94. The molecule has 6 heteroatoms. The monoisotopic (exact) mass is 333 g/mol. The van der Waals surface area contributed by atoms with E-state index in [0.29, 0.717) is 38.3 Å². The van der Waals surface area contributed by atoms with Crippen molar-refractivity contribution in [3.8, 4) is 0 Å². The first-order chi connectivity index (χ1) is 11.5. The molecule has 2 aliphatic rings. The fourth-order valence-corrected chi connectivity index (χ4v) is 3.63. The molecule has 2 atom stereocenters. The van der Waals surface area contributed by atoms with Crippen molar-refractivity contribution in [2.24, 2.45) is 5.92 Å². The summed E-state index contributed by atoms with van der Waals surface area (Å²) in [6, 6.07) is 3.67. The van der Waals surface area contributed by atoms with Gasteiger partial charge in [-0.25, -0.2) is 4.98 Å². The molecule has 0 spiro atoms. The summed E-state index contributed by atoms with van der Waals surface area (Å²) >= 11 is 0. The lowest BCUT2D eigenvalue weighted by atomic mass is 9.81. The number of nitrogens with zero attached hydrogens (tertiary/aromatic N) is 3. The maximum Gasteiger partial charge on any atom is 0.257 e. The number of aromatic nitrogens is 1. The van der Waals surface area contributed by atoms with Crippen molar-refractivity contribution >= 4 is 11.7 Å². The van der Waals surface area contributed by atoms with Crippen LogP contribution >= 0.6 is 0 Å². The summed E-state index contributed by atoms with van der Waals surface area (Å²) in [5.74, 6) is 0.869. The van der Waals surface area contributed by atoms with Crippen LogP contribution in [0.1, 0.15) is 37.0 Å². The molecule has 1 aromatic rings. The fraction of sp³-hybridized carbons (Fsp3) is 0.667. The van der Waals surface area contributed by atoms with E-state index in [-0.39, 0.29) is 11.8 Å². The number of piperidine rings is 1. The number of aliphatic hydroxyl groups is 1. The molecule has 132 valence electrons. The molecular weight excluding hydrogens is 306 g/mol. The van der Waals surface area contributed by atoms with Gasteiger partial charge < -0.3 is 19.6 Å². The van der Waals surface area contributed by atoms with Gasteiger partial charge in [0.1, 0.15) is 5.82 Å². The van der Waals surface area contributed by atoms with Crippen molar-refractivity contribution in [3.05, 3.63) is 23.9 Å². The molecule has 0 aliphatic carbocycles. The minimum Gasteiger partial charge on any atom is -0.390 e. The van der Waals surface area contributed by atoms with Gasteiger partial charge in [-0.2, -0.15) is 0 Å². The second-order valence-corrected chi connectivity index (χ2v) is 6.94. The number of amides is 1. The second kappa shape index (κ2) is 7.07. The number of hydrogen-bond donors (Lipinski definition) is 1. The van der Waals surface area contributed by atoms with Crippen LogP contribution < -0.4 is 4.90 Å². The predicted molar refractivity (Wildman–Crippen MR) is 92.2 cm³/mol. The third kappa shape index (κ3) is 3.39. The quantitative estimate of drug-likeness (QED) is 0.909. The number of carbonyl (C=O) groups is 1. The first kappa shape index (κ1) is 17.2. The van der Waals surface area contributed by atoms with Crippen molar-refractivity contribution in [3.63, 3.8) is 0 Å². The lowest BCUT2D eigenvalue weighted by molar-refractivity contribution is -0.0521. The maximum absolute atomic E-state index is 13.1. The molecular formula is C18H27N3O3. The van der Waals surface area contributed by atoms with E-state index in [4.69, 9.17) is 4.74 Å². The molecule has 0 unspecified atom stereocenters. The zero-order valence-corrected chi connectivity index (χ0v) is 14.6. The lowest BCUT2D eigenvalue weighted by Gasteiger charge is -2.42. The van der Waals surface area contributed by atoms with Gasteiger partial charge in [-0.3, -0.25) is 4.79 Å². The Morgan fingerprint density at radius 2 is 2.17 bits per heavy atom. The molecule has 6 nitrogen and oxygen atoms in total. The molecule has 0 aromatic carbocycles. The highest BCUT2D eigenvalue weighted by atomic mass is 16.5. The highest BCUT2D eigenvalue weighted by molar-refractivity contribution is 5.99. The van der Waals surface area contributed by atoms with E-state index in [9.17, 15) is 9.90 Å². The van der Waals surface area contributed by atoms with E-state index in [2.05, 4.69) is 16.8 Å². The van der Waals surface area contributed by atoms with E-state index in [1.54, 1.807) is 6.20 Å². The summed E-state index contributed by atoms with van der Waals surface area (Å²) < 4.78 is 5.40. The van der Waals surface area contributed by atoms with Crippen LogP contribution in [0.3, 0.4) is 0 Å². The van der Waals surface area contributed by atoms with Crippen LogP contribution in [0, 0.1) is 5.92 Å². The van der Waals surface area contributed by atoms with Crippen LogP contribution in [0.5, 0.6) is 0 Å². The topological polar surface area (TPSA) is 65.9 Å². The van der Waals surface area contributed by atoms with Gasteiger partial charge in [0.05, 0.1) is 24.4 Å². The molecule has 3 heterocycles. The Balaban J connectivity index is 1.80. The van der Waals surface area contributed by atoms with Crippen molar-refractivity contribution in [2.45, 2.75) is 32.3 Å². The number of morpholine rings is 1. The van der Waals surface area contributed by atoms with Crippen LogP contribution in [-0.4, -0.2) is 65.9 Å². The first-order valence-corrected chi connectivity index (χ1v) is 8.82. The zero-order chi connectivity index (χ0) is 17.2. The predicted octanol–water partition coefficient (Wildman–Crippen LogP) is 1.54. The number of rotatable bonds is 3. The first-order valence-electron chi connectivity index (χ1n) is 8.82. The van der Waals surface area contributed by atoms with E-state index in [1.807, 2.05) is 24.0 Å². The normalized spacial score (nSPS) is 28.0. The van der Waals surface area contributed by atoms with Crippen molar-refractivity contribution < 1.29 is 14.6 Å². The van der Waals surface area contributed by atoms with Gasteiger partial charge in [0.15, 0.2) is 0 Å². The average Bonchev–Trinajstić information content (AvgIpc) is 2.62. The van der Waals surface area contributed by atoms with E-state index in [1.165, 1.54) is 0 Å². The number of hydrogen-bond acceptors (Lipinski definition) is 5. The standard InChI is InChI=1S/C18H27N3O3/c1-3-14-13-21(8-6-18(14,2)23)17(22)15-5-4-7-19-16(15)20-9-11-24-12-10-20/h4-5,7,14,23H,3,6,8-13H2,1-2H3/t14-,18+/m1/s1. The van der Waals surface area contributed by atoms with Crippen LogP contribution in [-0.2, 0) is 4.74 Å². The van der Waals surface area contributed by atoms with Crippen LogP contribution in [0.15, 0.2) is 18.3 Å². The third-order valence-corrected chi connectivity index (χ3v) is 5.32. The average molecular weight is 333 g/mol. The molecule has 0 bridgehead atoms. The Hall–Kier alpha value is -1.66. The smallest absolute Gasteiger partial charge is 0.257 e. The van der Waals surface area contributed by atoms with Gasteiger partial charge in [-0.15, -0.1) is 0 Å². The SMILES string of the molecule is CC[C@@H]1CN(C(=O)c2cccnc2N2CCOCC2)CC[C@]1(C)O. The molecule has 24 heavy (non-hydrogen) atoms. The van der Waals surface area contributed by atoms with E-state index >= 15 is 0 Å². The Morgan fingerprint density at radius 1 is 1.42 bits per heavy atom. The van der Waals surface area contributed by atoms with Gasteiger partial charge in [0, 0.05) is 38.3 Å². The number of anilines is 1. The zero-order valence-electron chi connectivity index (χ0n) is 14.6. The Kier molecular flexibility index (Phi) is 5.06. The third-order valence-electron chi connectivity index (χ3n) is 5.32. The molecule has 1 aromatic heterocycles. The molecule has 0 radical (unpaired) electrons. The summed E-state index contributed by atoms with van der Waals surface area (Å²) in [6.07, 6.45) is 3.21. The van der Waals surface area contributed by atoms with Gasteiger partial charge in [-0.05, 0) is 31.9 Å². The Bertz CT molecular complexity index is 585. The number of likely N-dealkylation sites (tertiary alicyclic amines) is 1. The number of pyridine rings is 1. The molecule has 2 saturated heterocycles. The highest BCUT2D eigenvalue weighted by Crippen LogP contribution is 2.31. The molecule has 2 fully saturated rings. The molecule has 2 aliphatic heterocycles. The minimum absolute atomic E-state index is 0.0125. The van der Waals surface area contributed by atoms with Crippen LogP contribution in [0.2, 0.25) is 0 Å². The minimum atomic E-state index is -0.687. The molecule has 1 amide bonds. The summed E-state index contributed by atoms with van der Waals surface area (Å²) in [4.78, 5) is 21.5. The maximum atomic E-state index is 13.1. The van der Waals surface area contributed by atoms with Gasteiger partial charge in [0.2, 0.25) is 0 Å². The van der Waals surface area contributed by atoms with Crippen LogP contribution in [0.4, 0.5) is 5.82 Å². The van der Waals surface area contributed by atoms with Gasteiger partial charge in [0.25, 0.3) is 5.91 Å². The summed E-state index contributed by atoms with van der Waals surface area (Å²) in [7, 11) is 0. The lowest BCUT2D eigenvalue weighted by Crippen LogP contribution is -2.52. The summed E-state index contributed by atoms with van der Waals surface area (Å²) in [5.41, 5.74) is -0.0381. The molecule has 0 saturated carbocycles. The van der Waals surface area contributed by atoms with Gasteiger partial charge >= 0.3 is 0 Å². The Morgan fingerprint density at radius 3 is 2.88 bits per heavy atom. The fourth-order valence-electron chi connectivity index (χ4n) is 3.63. The summed E-state index contributed by atoms with van der Waals surface area (Å²) in [5, 5.41) is 10.5. The summed E-state index contributed by atoms with van der Waals surface area (Å²) in [6.45, 7) is 7.96. The number of carbonyl (C=O) groups excluding carboxylic acids is 1. The number of ether oxygens (including phenoxy) is 1. The van der Waals surface area contributed by atoms with Crippen molar-refractivity contribution in [1.82, 2.24) is 9.88 Å². The largest absolute Gasteiger partial charge is 0.390 e. The van der Waals surface area contributed by atoms with Crippen LogP contribution in [0.25, 0.3) is 0 Å². The molecule has 1 N–H and O–H groups in total. The highest BCUT2D eigenvalue weighted by Gasteiger charge is 2.38. The molecule has 3 rings (SSSR count). The van der Waals surface area contributed by atoms with Crippen molar-refractivity contribution in [1.29, 1.82) is 0 Å². The van der Waals surface area contributed by atoms with Gasteiger partial charge in [-0.1, -0.05) is 6.92 Å².